The van der Waals surface area contributed by atoms with E-state index in [1.54, 1.807) is 30.2 Å². The Hall–Kier alpha value is -2.55. The number of rotatable bonds is 5. The van der Waals surface area contributed by atoms with Crippen molar-refractivity contribution in [1.29, 1.82) is 0 Å². The van der Waals surface area contributed by atoms with Gasteiger partial charge in [-0.1, -0.05) is 18.2 Å². The molecule has 2 aromatic rings. The lowest BCUT2D eigenvalue weighted by Gasteiger charge is -2.30. The summed E-state index contributed by atoms with van der Waals surface area (Å²) in [7, 11) is 1.79. The van der Waals surface area contributed by atoms with Crippen molar-refractivity contribution in [1.82, 2.24) is 4.90 Å². The topological polar surface area (TPSA) is 67.6 Å². The van der Waals surface area contributed by atoms with E-state index < -0.39 is 11.7 Å². The molecule has 3 rings (SSSR count). The van der Waals surface area contributed by atoms with Crippen molar-refractivity contribution in [3.05, 3.63) is 80.1 Å². The molecule has 0 fully saturated rings. The monoisotopic (exact) mass is 493 g/mol. The number of benzene rings is 2. The predicted molar refractivity (Wildman–Crippen MR) is 116 cm³/mol. The van der Waals surface area contributed by atoms with E-state index in [1.807, 2.05) is 54.6 Å². The van der Waals surface area contributed by atoms with Crippen LogP contribution in [0, 0.1) is 23.2 Å². The SMILES string of the molecule is Cc1cccc(C)c1OC1=CCN(C)C(Nc2ccc(I)cc2F)=C1C(N)=O. The molecule has 1 heterocycles. The van der Waals surface area contributed by atoms with Crippen LogP contribution in [0.3, 0.4) is 0 Å². The molecule has 0 spiro atoms. The number of primary amides is 1. The lowest BCUT2D eigenvalue weighted by atomic mass is 10.1. The molecular formula is C21H21FIN3O2. The van der Waals surface area contributed by atoms with E-state index in [4.69, 9.17) is 10.5 Å². The number of hydrogen-bond donors (Lipinski definition) is 2. The second kappa shape index (κ2) is 8.22. The fraction of sp³-hybridized carbons (Fsp3) is 0.190. The van der Waals surface area contributed by atoms with E-state index in [2.05, 4.69) is 5.32 Å². The highest BCUT2D eigenvalue weighted by molar-refractivity contribution is 14.1. The number of nitrogens with one attached hydrogen (secondary N) is 1. The molecule has 0 saturated heterocycles. The Morgan fingerprint density at radius 2 is 1.93 bits per heavy atom. The van der Waals surface area contributed by atoms with Crippen LogP contribution in [-0.2, 0) is 4.79 Å². The largest absolute Gasteiger partial charge is 0.456 e. The zero-order valence-corrected chi connectivity index (χ0v) is 18.0. The first kappa shape index (κ1) is 20.2. The van der Waals surface area contributed by atoms with Gasteiger partial charge in [-0.25, -0.2) is 4.39 Å². The van der Waals surface area contributed by atoms with Crippen LogP contribution in [0.1, 0.15) is 11.1 Å². The Bertz CT molecular complexity index is 981. The Kier molecular flexibility index (Phi) is 5.93. The third-order valence-corrected chi connectivity index (χ3v) is 5.14. The summed E-state index contributed by atoms with van der Waals surface area (Å²) in [6.07, 6.45) is 1.79. The van der Waals surface area contributed by atoms with Crippen LogP contribution in [0.5, 0.6) is 5.75 Å². The number of nitrogens with two attached hydrogens (primary N) is 1. The summed E-state index contributed by atoms with van der Waals surface area (Å²) in [6, 6.07) is 10.6. The molecule has 3 N–H and O–H groups in total. The van der Waals surface area contributed by atoms with Crippen molar-refractivity contribution in [2.24, 2.45) is 5.73 Å². The average Bonchev–Trinajstić information content (AvgIpc) is 2.62. The third-order valence-electron chi connectivity index (χ3n) is 4.47. The quantitative estimate of drug-likeness (QED) is 0.617. The number of carbonyl (C=O) groups is 1. The summed E-state index contributed by atoms with van der Waals surface area (Å²) in [5, 5.41) is 3.01. The van der Waals surface area contributed by atoms with Gasteiger partial charge in [0.2, 0.25) is 0 Å². The molecule has 1 aliphatic heterocycles. The number of ether oxygens (including phenoxy) is 1. The molecule has 28 heavy (non-hydrogen) atoms. The number of para-hydroxylation sites is 1. The van der Waals surface area contributed by atoms with Gasteiger partial charge in [-0.05, 0) is 71.8 Å². The van der Waals surface area contributed by atoms with Gasteiger partial charge in [0.25, 0.3) is 5.91 Å². The standard InChI is InChI=1S/C21H21FIN3O2/c1-12-5-4-6-13(2)19(12)28-17-9-10-26(3)21(18(17)20(24)27)25-16-8-7-14(23)11-15(16)22/h4-9,11,25H,10H2,1-3H3,(H2,24,27). The molecule has 0 aliphatic carbocycles. The van der Waals surface area contributed by atoms with E-state index in [0.717, 1.165) is 14.7 Å². The Morgan fingerprint density at radius 3 is 2.54 bits per heavy atom. The summed E-state index contributed by atoms with van der Waals surface area (Å²) in [5.41, 5.74) is 8.00. The van der Waals surface area contributed by atoms with Gasteiger partial charge in [0.1, 0.15) is 28.7 Å². The Morgan fingerprint density at radius 1 is 1.25 bits per heavy atom. The van der Waals surface area contributed by atoms with Crippen LogP contribution in [0.25, 0.3) is 0 Å². The Balaban J connectivity index is 2.03. The summed E-state index contributed by atoms with van der Waals surface area (Å²) in [4.78, 5) is 14.1. The van der Waals surface area contributed by atoms with E-state index >= 15 is 0 Å². The van der Waals surface area contributed by atoms with E-state index in [-0.39, 0.29) is 11.3 Å². The molecule has 0 atom stereocenters. The van der Waals surface area contributed by atoms with Gasteiger partial charge < -0.3 is 20.7 Å². The zero-order chi connectivity index (χ0) is 20.4. The summed E-state index contributed by atoms with van der Waals surface area (Å²) >= 11 is 2.04. The first-order valence-corrected chi connectivity index (χ1v) is 9.77. The number of anilines is 1. The van der Waals surface area contributed by atoms with Gasteiger partial charge in [0.05, 0.1) is 5.69 Å². The van der Waals surface area contributed by atoms with Crippen LogP contribution in [0.15, 0.2) is 59.6 Å². The van der Waals surface area contributed by atoms with Gasteiger partial charge in [0, 0.05) is 17.2 Å². The second-order valence-corrected chi connectivity index (χ2v) is 7.85. The molecule has 7 heteroatoms. The minimum atomic E-state index is -0.655. The van der Waals surface area contributed by atoms with Crippen LogP contribution >= 0.6 is 22.6 Å². The van der Waals surface area contributed by atoms with Gasteiger partial charge in [0.15, 0.2) is 0 Å². The van der Waals surface area contributed by atoms with Crippen LogP contribution in [-0.4, -0.2) is 24.4 Å². The summed E-state index contributed by atoms with van der Waals surface area (Å²) in [6.45, 7) is 4.35. The highest BCUT2D eigenvalue weighted by Crippen LogP contribution is 2.31. The third kappa shape index (κ3) is 4.14. The van der Waals surface area contributed by atoms with E-state index in [1.165, 1.54) is 6.07 Å². The van der Waals surface area contributed by atoms with Gasteiger partial charge in [-0.15, -0.1) is 0 Å². The maximum absolute atomic E-state index is 14.3. The van der Waals surface area contributed by atoms with Crippen molar-refractivity contribution in [3.63, 3.8) is 0 Å². The van der Waals surface area contributed by atoms with Crippen molar-refractivity contribution in [2.45, 2.75) is 13.8 Å². The molecule has 1 amide bonds. The van der Waals surface area contributed by atoms with Crippen molar-refractivity contribution < 1.29 is 13.9 Å². The minimum Gasteiger partial charge on any atom is -0.456 e. The normalized spacial score (nSPS) is 14.0. The highest BCUT2D eigenvalue weighted by atomic mass is 127. The molecule has 0 radical (unpaired) electrons. The van der Waals surface area contributed by atoms with E-state index in [9.17, 15) is 9.18 Å². The van der Waals surface area contributed by atoms with Gasteiger partial charge >= 0.3 is 0 Å². The summed E-state index contributed by atoms with van der Waals surface area (Å²) in [5.74, 6) is 0.366. The van der Waals surface area contributed by atoms with Crippen LogP contribution < -0.4 is 15.8 Å². The maximum Gasteiger partial charge on any atom is 0.256 e. The molecule has 0 aromatic heterocycles. The van der Waals surface area contributed by atoms with Gasteiger partial charge in [-0.2, -0.15) is 0 Å². The minimum absolute atomic E-state index is 0.175. The molecule has 0 bridgehead atoms. The number of likely N-dealkylation sites (N-methyl/N-ethyl adjacent to an activating group) is 1. The smallest absolute Gasteiger partial charge is 0.256 e. The summed E-state index contributed by atoms with van der Waals surface area (Å²) < 4.78 is 21.2. The molecule has 0 saturated carbocycles. The average molecular weight is 493 g/mol. The molecule has 2 aromatic carbocycles. The van der Waals surface area contributed by atoms with Crippen molar-refractivity contribution in [3.8, 4) is 5.75 Å². The Labute approximate surface area is 177 Å². The molecule has 0 unspecified atom stereocenters. The first-order chi connectivity index (χ1) is 13.3. The number of carbonyl (C=O) groups excluding carboxylic acids is 1. The number of nitrogens with zero attached hydrogens (tertiary/aromatic N) is 1. The molecular weight excluding hydrogens is 472 g/mol. The van der Waals surface area contributed by atoms with Gasteiger partial charge in [-0.3, -0.25) is 4.79 Å². The second-order valence-electron chi connectivity index (χ2n) is 6.61. The lowest BCUT2D eigenvalue weighted by Crippen LogP contribution is -2.34. The lowest BCUT2D eigenvalue weighted by molar-refractivity contribution is -0.114. The number of hydrogen-bond acceptors (Lipinski definition) is 4. The van der Waals surface area contributed by atoms with E-state index in [0.29, 0.717) is 23.9 Å². The maximum atomic E-state index is 14.3. The zero-order valence-electron chi connectivity index (χ0n) is 15.8. The van der Waals surface area contributed by atoms with Crippen molar-refractivity contribution in [2.75, 3.05) is 18.9 Å². The molecule has 5 nitrogen and oxygen atoms in total. The molecule has 1 aliphatic rings. The predicted octanol–water partition coefficient (Wildman–Crippen LogP) is 4.06. The fourth-order valence-electron chi connectivity index (χ4n) is 3.00. The molecule has 146 valence electrons. The number of aryl methyl sites for hydroxylation is 2. The highest BCUT2D eigenvalue weighted by Gasteiger charge is 2.27. The van der Waals surface area contributed by atoms with Crippen LogP contribution in [0.2, 0.25) is 0 Å². The first-order valence-electron chi connectivity index (χ1n) is 8.70. The number of amides is 1. The fourth-order valence-corrected chi connectivity index (χ4v) is 3.45. The van der Waals surface area contributed by atoms with Crippen LogP contribution in [0.4, 0.5) is 10.1 Å². The number of halogens is 2. The van der Waals surface area contributed by atoms with Crippen molar-refractivity contribution >= 4 is 34.2 Å².